The van der Waals surface area contributed by atoms with Crippen LogP contribution in [-0.4, -0.2) is 72.3 Å². The Morgan fingerprint density at radius 1 is 0.400 bits per heavy atom. The summed E-state index contributed by atoms with van der Waals surface area (Å²) in [6.45, 7) is 26.6. The van der Waals surface area contributed by atoms with Gasteiger partial charge in [0.15, 0.2) is 0 Å². The van der Waals surface area contributed by atoms with E-state index in [4.69, 9.17) is 53.3 Å². The first-order valence-corrected chi connectivity index (χ1v) is 15.8. The fourth-order valence-electron chi connectivity index (χ4n) is 2.75. The van der Waals surface area contributed by atoms with E-state index in [-0.39, 0.29) is 37.6 Å². The summed E-state index contributed by atoms with van der Waals surface area (Å²) < 4.78 is 15.2. The Balaban J connectivity index is 4.08. The lowest BCUT2D eigenvalue weighted by Gasteiger charge is -2.32. The first-order chi connectivity index (χ1) is 20.4. The number of hydrogen-bond acceptors (Lipinski definition) is 13. The molecule has 0 heterocycles. The molecule has 0 radical (unpaired) electrons. The topological polar surface area (TPSA) is 136 Å². The molecule has 0 rings (SSSR count). The van der Waals surface area contributed by atoms with E-state index < -0.39 is 34.7 Å². The van der Waals surface area contributed by atoms with E-state index >= 15 is 0 Å². The van der Waals surface area contributed by atoms with Crippen LogP contribution in [0.15, 0.2) is 0 Å². The van der Waals surface area contributed by atoms with Crippen LogP contribution >= 0.6 is 0 Å². The minimum Gasteiger partial charge on any atom is -0.430 e. The highest BCUT2D eigenvalue weighted by Crippen LogP contribution is 2.29. The fourth-order valence-corrected chi connectivity index (χ4v) is 2.75. The van der Waals surface area contributed by atoms with Crippen LogP contribution in [0.2, 0.25) is 0 Å². The van der Waals surface area contributed by atoms with Gasteiger partial charge in [-0.2, -0.15) is 9.78 Å². The molecule has 0 saturated carbocycles. The molecule has 45 heavy (non-hydrogen) atoms. The quantitative estimate of drug-likeness (QED) is 0.0429. The lowest BCUT2D eigenvalue weighted by Crippen LogP contribution is -2.35. The van der Waals surface area contributed by atoms with Gasteiger partial charge in [0.2, 0.25) is 0 Å². The summed E-state index contributed by atoms with van der Waals surface area (Å²) in [6, 6.07) is 0. The lowest BCUT2D eigenvalue weighted by molar-refractivity contribution is -0.404. The summed E-state index contributed by atoms with van der Waals surface area (Å²) in [5, 5.41) is 0. The molecule has 0 aliphatic heterocycles. The Hall–Kier alpha value is -1.74. The Kier molecular flexibility index (Phi) is 18.4. The van der Waals surface area contributed by atoms with E-state index in [2.05, 4.69) is 0 Å². The molecule has 0 aliphatic rings. The molecule has 0 amide bonds. The van der Waals surface area contributed by atoms with Crippen LogP contribution in [0.4, 0.5) is 9.59 Å². The molecule has 0 bridgehead atoms. The van der Waals surface area contributed by atoms with Crippen molar-refractivity contribution in [2.45, 2.75) is 169 Å². The number of ether oxygens (including phenoxy) is 3. The highest BCUT2D eigenvalue weighted by atomic mass is 17.2. The number of rotatable bonds is 24. The summed E-state index contributed by atoms with van der Waals surface area (Å²) in [7, 11) is 0. The first kappa shape index (κ1) is 43.3. The predicted molar refractivity (Wildman–Crippen MR) is 166 cm³/mol. The third-order valence-electron chi connectivity index (χ3n) is 6.91. The van der Waals surface area contributed by atoms with Crippen LogP contribution < -0.4 is 0 Å². The largest absolute Gasteiger partial charge is 0.540 e. The maximum absolute atomic E-state index is 11.9. The van der Waals surface area contributed by atoms with E-state index in [0.717, 1.165) is 12.8 Å². The average Bonchev–Trinajstić information content (AvgIpc) is 2.95. The van der Waals surface area contributed by atoms with E-state index in [1.54, 1.807) is 27.7 Å². The van der Waals surface area contributed by atoms with Crippen molar-refractivity contribution in [2.24, 2.45) is 0 Å². The summed E-state index contributed by atoms with van der Waals surface area (Å²) >= 11 is 0. The van der Waals surface area contributed by atoms with Crippen molar-refractivity contribution in [3.63, 3.8) is 0 Å². The second-order valence-corrected chi connectivity index (χ2v) is 14.7. The lowest BCUT2D eigenvalue weighted by atomic mass is 9.94. The van der Waals surface area contributed by atoms with E-state index in [1.807, 2.05) is 69.2 Å². The van der Waals surface area contributed by atoms with Crippen LogP contribution in [0.3, 0.4) is 0 Å². The molecule has 13 nitrogen and oxygen atoms in total. The Morgan fingerprint density at radius 3 is 0.956 bits per heavy atom. The third kappa shape index (κ3) is 23.3. The molecular weight excluding hydrogens is 592 g/mol. The van der Waals surface area contributed by atoms with Gasteiger partial charge in [0, 0.05) is 0 Å². The highest BCUT2D eigenvalue weighted by molar-refractivity contribution is 5.59. The van der Waals surface area contributed by atoms with E-state index in [9.17, 15) is 9.59 Å². The maximum atomic E-state index is 11.9. The Bertz CT molecular complexity index is 782. The van der Waals surface area contributed by atoms with Crippen molar-refractivity contribution in [3.8, 4) is 0 Å². The van der Waals surface area contributed by atoms with Crippen LogP contribution in [0.5, 0.6) is 0 Å². The zero-order valence-electron chi connectivity index (χ0n) is 30.4. The minimum absolute atomic E-state index is 0.0527. The molecule has 0 aliphatic carbocycles. The monoisotopic (exact) mass is 654 g/mol. The molecule has 0 spiro atoms. The molecule has 0 aromatic rings. The van der Waals surface area contributed by atoms with Crippen LogP contribution in [0, 0.1) is 0 Å². The maximum Gasteiger partial charge on any atom is 0.540 e. The fraction of sp³-hybridized carbons (Fsp3) is 0.938. The number of hydrogen-bond donors (Lipinski definition) is 0. The zero-order valence-corrected chi connectivity index (χ0v) is 30.4. The van der Waals surface area contributed by atoms with Gasteiger partial charge in [-0.15, -0.1) is 0 Å². The van der Waals surface area contributed by atoms with E-state index in [1.165, 1.54) is 0 Å². The van der Waals surface area contributed by atoms with Crippen molar-refractivity contribution >= 4 is 12.3 Å². The smallest absolute Gasteiger partial charge is 0.430 e. The van der Waals surface area contributed by atoms with Gasteiger partial charge in [0.1, 0.15) is 24.4 Å². The van der Waals surface area contributed by atoms with Gasteiger partial charge in [-0.1, -0.05) is 13.8 Å². The second kappa shape index (κ2) is 19.2. The van der Waals surface area contributed by atoms with Crippen molar-refractivity contribution in [2.75, 3.05) is 26.4 Å². The van der Waals surface area contributed by atoms with Crippen molar-refractivity contribution < 1.29 is 62.9 Å². The molecule has 0 saturated heterocycles. The number of carbonyl (C=O) groups is 2. The molecular formula is C32H62O13. The van der Waals surface area contributed by atoms with Gasteiger partial charge < -0.3 is 14.2 Å². The number of carbonyl (C=O) groups excluding carboxylic acids is 2. The molecule has 0 fully saturated rings. The predicted octanol–water partition coefficient (Wildman–Crippen LogP) is 8.12. The summed E-state index contributed by atoms with van der Waals surface area (Å²) in [4.78, 5) is 66.2. The standard InChI is InChI=1S/C32H62O13/c1-15-27(3,4)42-44-31(11,12)19-17-29(7,8)40-38-25(33)36-23-21-35-22-24-37-26(34)39-41-30(9,10)18-20-32(13,14)45-43-28(5,6)16-2/h15-24H2,1-14H3. The van der Waals surface area contributed by atoms with Gasteiger partial charge in [-0.05, 0) is 122 Å². The van der Waals surface area contributed by atoms with Gasteiger partial charge in [0.05, 0.1) is 35.6 Å². The van der Waals surface area contributed by atoms with Crippen LogP contribution in [-0.2, 0) is 53.3 Å². The molecule has 0 aromatic heterocycles. The summed E-state index contributed by atoms with van der Waals surface area (Å²) in [5.74, 6) is 0. The molecule has 0 N–H and O–H groups in total. The Labute approximate surface area is 270 Å². The van der Waals surface area contributed by atoms with Crippen LogP contribution in [0.25, 0.3) is 0 Å². The minimum atomic E-state index is -0.998. The average molecular weight is 655 g/mol. The van der Waals surface area contributed by atoms with Crippen molar-refractivity contribution in [1.29, 1.82) is 0 Å². The first-order valence-electron chi connectivity index (χ1n) is 15.8. The van der Waals surface area contributed by atoms with Crippen molar-refractivity contribution in [3.05, 3.63) is 0 Å². The SMILES string of the molecule is CCC(C)(C)OOC(C)(C)CCC(C)(C)OOC(=O)OCCOCCOC(=O)OOC(C)(C)CCC(C)(C)OOC(C)(C)CC. The third-order valence-corrected chi connectivity index (χ3v) is 6.91. The zero-order chi connectivity index (χ0) is 35.0. The van der Waals surface area contributed by atoms with Gasteiger partial charge in [-0.3, -0.25) is 9.78 Å². The highest BCUT2D eigenvalue weighted by Gasteiger charge is 2.32. The van der Waals surface area contributed by atoms with Crippen molar-refractivity contribution in [1.82, 2.24) is 0 Å². The molecule has 0 aromatic carbocycles. The van der Waals surface area contributed by atoms with Crippen LogP contribution in [0.1, 0.15) is 135 Å². The summed E-state index contributed by atoms with van der Waals surface area (Å²) in [6.07, 6.45) is 1.85. The van der Waals surface area contributed by atoms with Gasteiger partial charge in [0.25, 0.3) is 0 Å². The second-order valence-electron chi connectivity index (χ2n) is 14.7. The van der Waals surface area contributed by atoms with Gasteiger partial charge >= 0.3 is 12.3 Å². The normalized spacial score (nSPS) is 13.5. The Morgan fingerprint density at radius 2 is 0.667 bits per heavy atom. The van der Waals surface area contributed by atoms with Gasteiger partial charge in [-0.25, -0.2) is 29.1 Å². The molecule has 268 valence electrons. The summed E-state index contributed by atoms with van der Waals surface area (Å²) in [5.41, 5.74) is -3.48. The molecule has 13 heteroatoms. The molecule has 0 atom stereocenters. The van der Waals surface area contributed by atoms with E-state index in [0.29, 0.717) is 25.7 Å². The molecule has 0 unspecified atom stereocenters.